The summed E-state index contributed by atoms with van der Waals surface area (Å²) in [6, 6.07) is 10.9. The van der Waals surface area contributed by atoms with Crippen LogP contribution in [0.3, 0.4) is 0 Å². The Labute approximate surface area is 177 Å². The average Bonchev–Trinajstić information content (AvgIpc) is 3.19. The molecule has 31 heavy (non-hydrogen) atoms. The van der Waals surface area contributed by atoms with Crippen molar-refractivity contribution >= 4 is 17.4 Å². The number of carbonyl (C=O) groups excluding carboxylic acids is 2. The SMILES string of the molecule is CC(C)CN1C(=O)C(=O)C2=C(c3ccc(F)cc3)OC3(O)c4ccccc4C(O)(O)C213. The number of fused-ring (bicyclic) bond motifs is 2. The van der Waals surface area contributed by atoms with Crippen LogP contribution in [0.15, 0.2) is 54.1 Å². The molecule has 2 atom stereocenters. The second-order valence-electron chi connectivity index (χ2n) is 8.52. The van der Waals surface area contributed by atoms with Crippen molar-refractivity contribution < 1.29 is 34.0 Å². The topological polar surface area (TPSA) is 107 Å². The van der Waals surface area contributed by atoms with Crippen LogP contribution < -0.4 is 0 Å². The first-order valence-corrected chi connectivity index (χ1v) is 9.90. The van der Waals surface area contributed by atoms with Crippen LogP contribution >= 0.6 is 0 Å². The number of Topliss-reactive ketones (excluding diaryl/α,β-unsaturated/α-hetero) is 1. The lowest BCUT2D eigenvalue weighted by Gasteiger charge is -2.45. The number of ether oxygens (including phenoxy) is 1. The molecule has 1 spiro atoms. The van der Waals surface area contributed by atoms with Crippen LogP contribution in [-0.4, -0.2) is 44.0 Å². The van der Waals surface area contributed by atoms with Crippen molar-refractivity contribution in [3.63, 3.8) is 0 Å². The van der Waals surface area contributed by atoms with E-state index in [1.54, 1.807) is 26.0 Å². The van der Waals surface area contributed by atoms with Crippen LogP contribution in [0.4, 0.5) is 4.39 Å². The maximum atomic E-state index is 13.5. The minimum absolute atomic E-state index is 0.0332. The first kappa shape index (κ1) is 19.9. The van der Waals surface area contributed by atoms with Crippen molar-refractivity contribution in [1.29, 1.82) is 0 Å². The van der Waals surface area contributed by atoms with E-state index in [0.29, 0.717) is 0 Å². The maximum absolute atomic E-state index is 13.5. The number of aliphatic hydroxyl groups is 3. The highest BCUT2D eigenvalue weighted by Gasteiger charge is 2.85. The van der Waals surface area contributed by atoms with Crippen LogP contribution in [0.5, 0.6) is 0 Å². The van der Waals surface area contributed by atoms with Gasteiger partial charge in [-0.2, -0.15) is 0 Å². The second-order valence-corrected chi connectivity index (χ2v) is 8.52. The molecule has 2 unspecified atom stereocenters. The molecule has 3 aliphatic rings. The van der Waals surface area contributed by atoms with E-state index >= 15 is 0 Å². The van der Waals surface area contributed by atoms with Crippen LogP contribution in [0.1, 0.15) is 30.5 Å². The van der Waals surface area contributed by atoms with Crippen LogP contribution in [0.25, 0.3) is 5.76 Å². The molecule has 0 saturated carbocycles. The third kappa shape index (κ3) is 2.12. The molecule has 8 heteroatoms. The zero-order valence-electron chi connectivity index (χ0n) is 16.8. The highest BCUT2D eigenvalue weighted by atomic mass is 19.1. The lowest BCUT2D eigenvalue weighted by atomic mass is 9.78. The van der Waals surface area contributed by atoms with Crippen LogP contribution in [0.2, 0.25) is 0 Å². The number of benzene rings is 2. The standard InChI is InChI=1S/C23H20FNO6/c1-12(2)11-25-20(27)18(26)17-19(13-7-9-14(24)10-8-13)31-23(30)16-6-4-3-5-15(16)22(28,29)21(17,23)25/h3-10,12,28-30H,11H2,1-2H3. The molecule has 2 aromatic carbocycles. The fraction of sp³-hybridized carbons (Fsp3) is 0.304. The highest BCUT2D eigenvalue weighted by molar-refractivity contribution is 6.48. The van der Waals surface area contributed by atoms with Crippen molar-refractivity contribution in [3.05, 3.63) is 76.6 Å². The molecule has 160 valence electrons. The largest absolute Gasteiger partial charge is 0.454 e. The molecule has 0 bridgehead atoms. The number of nitrogens with zero attached hydrogens (tertiary/aromatic N) is 1. The van der Waals surface area contributed by atoms with Gasteiger partial charge < -0.3 is 25.0 Å². The summed E-state index contributed by atoms with van der Waals surface area (Å²) >= 11 is 0. The normalized spacial score (nSPS) is 28.2. The van der Waals surface area contributed by atoms with Gasteiger partial charge in [0.1, 0.15) is 11.6 Å². The number of hydrogen-bond acceptors (Lipinski definition) is 6. The number of halogens is 1. The van der Waals surface area contributed by atoms with Crippen molar-refractivity contribution in [2.45, 2.75) is 31.0 Å². The molecule has 1 amide bonds. The molecule has 0 aromatic heterocycles. The molecule has 0 radical (unpaired) electrons. The lowest BCUT2D eigenvalue weighted by molar-refractivity contribution is -0.312. The molecule has 2 aliphatic heterocycles. The molecule has 1 saturated heterocycles. The second kappa shape index (κ2) is 6.00. The number of rotatable bonds is 3. The van der Waals surface area contributed by atoms with E-state index in [0.717, 1.165) is 17.0 Å². The van der Waals surface area contributed by atoms with Crippen molar-refractivity contribution in [2.75, 3.05) is 6.54 Å². The van der Waals surface area contributed by atoms with Gasteiger partial charge in [-0.25, -0.2) is 4.39 Å². The molecular weight excluding hydrogens is 405 g/mol. The molecule has 3 N–H and O–H groups in total. The molecule has 1 fully saturated rings. The first-order chi connectivity index (χ1) is 14.6. The summed E-state index contributed by atoms with van der Waals surface area (Å²) in [4.78, 5) is 27.3. The third-order valence-corrected chi connectivity index (χ3v) is 6.23. The summed E-state index contributed by atoms with van der Waals surface area (Å²) in [7, 11) is 0. The van der Waals surface area contributed by atoms with E-state index in [1.807, 2.05) is 0 Å². The van der Waals surface area contributed by atoms with Crippen LogP contribution in [-0.2, 0) is 25.9 Å². The minimum atomic E-state index is -2.83. The lowest BCUT2D eigenvalue weighted by Crippen LogP contribution is -2.66. The quantitative estimate of drug-likeness (QED) is 0.507. The fourth-order valence-corrected chi connectivity index (χ4v) is 5.09. The Balaban J connectivity index is 1.88. The predicted molar refractivity (Wildman–Crippen MR) is 105 cm³/mol. The van der Waals surface area contributed by atoms with Gasteiger partial charge in [0.05, 0.1) is 5.57 Å². The summed E-state index contributed by atoms with van der Waals surface area (Å²) in [5, 5.41) is 34.8. The summed E-state index contributed by atoms with van der Waals surface area (Å²) in [6.07, 6.45) is 0. The van der Waals surface area contributed by atoms with Crippen LogP contribution in [0, 0.1) is 11.7 Å². The molecule has 2 heterocycles. The number of likely N-dealkylation sites (tertiary alicyclic amines) is 1. The summed E-state index contributed by atoms with van der Waals surface area (Å²) < 4.78 is 19.4. The maximum Gasteiger partial charge on any atom is 0.296 e. The number of hydrogen-bond donors (Lipinski definition) is 3. The van der Waals surface area contributed by atoms with E-state index in [2.05, 4.69) is 0 Å². The van der Waals surface area contributed by atoms with Crippen molar-refractivity contribution in [1.82, 2.24) is 4.90 Å². The highest BCUT2D eigenvalue weighted by Crippen LogP contribution is 2.67. The molecular formula is C23H20FNO6. The Hall–Kier alpha value is -3.07. The van der Waals surface area contributed by atoms with Gasteiger partial charge in [-0.3, -0.25) is 9.59 Å². The van der Waals surface area contributed by atoms with Gasteiger partial charge in [0.2, 0.25) is 11.3 Å². The van der Waals surface area contributed by atoms with Gasteiger partial charge in [0.25, 0.3) is 17.5 Å². The van der Waals surface area contributed by atoms with Gasteiger partial charge in [0, 0.05) is 23.2 Å². The van der Waals surface area contributed by atoms with E-state index < -0.39 is 34.6 Å². The molecule has 7 nitrogen and oxygen atoms in total. The number of amides is 1. The fourth-order valence-electron chi connectivity index (χ4n) is 5.09. The number of carbonyl (C=O) groups is 2. The van der Waals surface area contributed by atoms with E-state index in [-0.39, 0.29) is 40.5 Å². The van der Waals surface area contributed by atoms with E-state index in [9.17, 15) is 29.3 Å². The monoisotopic (exact) mass is 425 g/mol. The molecule has 5 rings (SSSR count). The van der Waals surface area contributed by atoms with Gasteiger partial charge in [-0.05, 0) is 30.2 Å². The first-order valence-electron chi connectivity index (χ1n) is 9.90. The van der Waals surface area contributed by atoms with Crippen molar-refractivity contribution in [3.8, 4) is 0 Å². The van der Waals surface area contributed by atoms with Gasteiger partial charge >= 0.3 is 0 Å². The Morgan fingerprint density at radius 2 is 1.61 bits per heavy atom. The zero-order chi connectivity index (χ0) is 22.3. The molecule has 1 aliphatic carbocycles. The van der Waals surface area contributed by atoms with E-state index in [1.165, 1.54) is 24.3 Å². The van der Waals surface area contributed by atoms with Gasteiger partial charge in [-0.1, -0.05) is 38.1 Å². The summed E-state index contributed by atoms with van der Waals surface area (Å²) in [5.41, 5.74) is -2.48. The van der Waals surface area contributed by atoms with Crippen molar-refractivity contribution in [2.24, 2.45) is 5.92 Å². The third-order valence-electron chi connectivity index (χ3n) is 6.23. The smallest absolute Gasteiger partial charge is 0.296 e. The predicted octanol–water partition coefficient (Wildman–Crippen LogP) is 1.37. The molecule has 2 aromatic rings. The van der Waals surface area contributed by atoms with Gasteiger partial charge in [-0.15, -0.1) is 0 Å². The Morgan fingerprint density at radius 3 is 2.23 bits per heavy atom. The Kier molecular flexibility index (Phi) is 3.85. The summed E-state index contributed by atoms with van der Waals surface area (Å²) in [6.45, 7) is 3.56. The Morgan fingerprint density at radius 1 is 1.00 bits per heavy atom. The Bertz CT molecular complexity index is 1170. The van der Waals surface area contributed by atoms with Gasteiger partial charge in [0.15, 0.2) is 0 Å². The van der Waals surface area contributed by atoms with E-state index in [4.69, 9.17) is 4.74 Å². The summed E-state index contributed by atoms with van der Waals surface area (Å²) in [5.74, 6) is -8.12. The zero-order valence-corrected chi connectivity index (χ0v) is 16.8. The minimum Gasteiger partial charge on any atom is -0.454 e. The number of ketones is 1. The average molecular weight is 425 g/mol.